The van der Waals surface area contributed by atoms with Gasteiger partial charge in [-0.25, -0.2) is 4.99 Å². The van der Waals surface area contributed by atoms with Crippen molar-refractivity contribution in [2.45, 2.75) is 33.6 Å². The van der Waals surface area contributed by atoms with E-state index in [2.05, 4.69) is 27.9 Å². The molecule has 102 valence electrons. The lowest BCUT2D eigenvalue weighted by atomic mass is 10.4. The summed E-state index contributed by atoms with van der Waals surface area (Å²) in [4.78, 5) is 15.5. The number of hydrogen-bond donors (Lipinski definition) is 3. The van der Waals surface area contributed by atoms with Gasteiger partial charge in [0.1, 0.15) is 6.54 Å². The lowest BCUT2D eigenvalue weighted by Crippen LogP contribution is -2.38. The highest BCUT2D eigenvalue weighted by Crippen LogP contribution is 1.78. The second kappa shape index (κ2) is 13.5. The molecule has 0 aromatic carbocycles. The number of carbonyl (C=O) groups excluding carboxylic acids is 1. The summed E-state index contributed by atoms with van der Waals surface area (Å²) in [6.07, 6.45) is 1.98. The SMILES string of the molecule is CCCNC(=O)CN=C(NCC)NCCC.I. The molecule has 0 bridgehead atoms. The highest BCUT2D eigenvalue weighted by atomic mass is 127. The van der Waals surface area contributed by atoms with Crippen molar-refractivity contribution in [2.24, 2.45) is 4.99 Å². The Balaban J connectivity index is 0. The van der Waals surface area contributed by atoms with Crippen molar-refractivity contribution in [2.75, 3.05) is 26.2 Å². The van der Waals surface area contributed by atoms with Crippen molar-refractivity contribution in [3.63, 3.8) is 0 Å². The molecule has 0 aliphatic heterocycles. The minimum atomic E-state index is -0.0319. The van der Waals surface area contributed by atoms with Crippen molar-refractivity contribution in [1.82, 2.24) is 16.0 Å². The molecule has 0 aromatic heterocycles. The van der Waals surface area contributed by atoms with Gasteiger partial charge < -0.3 is 16.0 Å². The minimum absolute atomic E-state index is 0. The fraction of sp³-hybridized carbons (Fsp3) is 0.818. The van der Waals surface area contributed by atoms with Gasteiger partial charge >= 0.3 is 0 Å². The van der Waals surface area contributed by atoms with Crippen molar-refractivity contribution >= 4 is 35.8 Å². The molecule has 0 heterocycles. The Labute approximate surface area is 121 Å². The smallest absolute Gasteiger partial charge is 0.241 e. The van der Waals surface area contributed by atoms with E-state index in [-0.39, 0.29) is 36.4 Å². The summed E-state index contributed by atoms with van der Waals surface area (Å²) in [7, 11) is 0. The number of halogens is 1. The monoisotopic (exact) mass is 356 g/mol. The maximum atomic E-state index is 11.3. The van der Waals surface area contributed by atoms with Crippen LogP contribution in [0.5, 0.6) is 0 Å². The van der Waals surface area contributed by atoms with Gasteiger partial charge in [-0.3, -0.25) is 4.79 Å². The van der Waals surface area contributed by atoms with Crippen molar-refractivity contribution in [3.05, 3.63) is 0 Å². The number of rotatable bonds is 7. The van der Waals surface area contributed by atoms with Crippen molar-refractivity contribution in [1.29, 1.82) is 0 Å². The van der Waals surface area contributed by atoms with E-state index in [0.717, 1.165) is 25.9 Å². The molecule has 0 aliphatic rings. The van der Waals surface area contributed by atoms with E-state index in [1.807, 2.05) is 13.8 Å². The average molecular weight is 356 g/mol. The highest BCUT2D eigenvalue weighted by molar-refractivity contribution is 14.0. The molecule has 3 N–H and O–H groups in total. The first-order valence-corrected chi connectivity index (χ1v) is 6.03. The summed E-state index contributed by atoms with van der Waals surface area (Å²) in [6, 6.07) is 0. The standard InChI is InChI=1S/C11H24N4O.HI/c1-4-7-13-10(16)9-15-11(12-6-3)14-8-5-2;/h4-9H2,1-3H3,(H,13,16)(H2,12,14,15);1H. The Morgan fingerprint density at radius 3 is 2.12 bits per heavy atom. The largest absolute Gasteiger partial charge is 0.357 e. The van der Waals surface area contributed by atoms with E-state index < -0.39 is 0 Å². The summed E-state index contributed by atoms with van der Waals surface area (Å²) in [6.45, 7) is 8.67. The van der Waals surface area contributed by atoms with Gasteiger partial charge in [-0.15, -0.1) is 24.0 Å². The maximum absolute atomic E-state index is 11.3. The molecule has 0 radical (unpaired) electrons. The summed E-state index contributed by atoms with van der Waals surface area (Å²) in [5.41, 5.74) is 0. The Morgan fingerprint density at radius 1 is 1.00 bits per heavy atom. The zero-order valence-electron chi connectivity index (χ0n) is 11.0. The molecule has 5 nitrogen and oxygen atoms in total. The molecule has 1 amide bonds. The molecule has 0 saturated heterocycles. The van der Waals surface area contributed by atoms with Crippen LogP contribution in [0, 0.1) is 0 Å². The van der Waals surface area contributed by atoms with Crippen LogP contribution in [-0.2, 0) is 4.79 Å². The third-order valence-electron chi connectivity index (χ3n) is 1.84. The molecular formula is C11H25IN4O. The molecule has 0 spiro atoms. The summed E-state index contributed by atoms with van der Waals surface area (Å²) < 4.78 is 0. The molecule has 0 fully saturated rings. The normalized spacial score (nSPS) is 10.4. The van der Waals surface area contributed by atoms with Gasteiger partial charge in [0, 0.05) is 19.6 Å². The Hall–Kier alpha value is -0.530. The Kier molecular flexibility index (Phi) is 15.0. The predicted octanol–water partition coefficient (Wildman–Crippen LogP) is 1.10. The second-order valence-electron chi connectivity index (χ2n) is 3.47. The Bertz CT molecular complexity index is 222. The van der Waals surface area contributed by atoms with Crippen LogP contribution in [0.25, 0.3) is 0 Å². The number of nitrogens with one attached hydrogen (secondary N) is 3. The summed E-state index contributed by atoms with van der Waals surface area (Å²) in [5.74, 6) is 0.673. The molecule has 0 unspecified atom stereocenters. The van der Waals surface area contributed by atoms with Gasteiger partial charge in [0.2, 0.25) is 5.91 Å². The van der Waals surface area contributed by atoms with Crippen LogP contribution in [0.3, 0.4) is 0 Å². The van der Waals surface area contributed by atoms with Crippen molar-refractivity contribution in [3.8, 4) is 0 Å². The molecule has 0 atom stereocenters. The fourth-order valence-electron chi connectivity index (χ4n) is 1.06. The average Bonchev–Trinajstić information content (AvgIpc) is 2.30. The molecule has 0 saturated carbocycles. The van der Waals surface area contributed by atoms with Crippen LogP contribution in [0.4, 0.5) is 0 Å². The van der Waals surface area contributed by atoms with Crippen LogP contribution in [-0.4, -0.2) is 38.0 Å². The molecule has 17 heavy (non-hydrogen) atoms. The van der Waals surface area contributed by atoms with E-state index in [1.54, 1.807) is 0 Å². The van der Waals surface area contributed by atoms with Gasteiger partial charge in [-0.2, -0.15) is 0 Å². The summed E-state index contributed by atoms with van der Waals surface area (Å²) in [5, 5.41) is 9.01. The van der Waals surface area contributed by atoms with E-state index in [0.29, 0.717) is 12.5 Å². The van der Waals surface area contributed by atoms with E-state index >= 15 is 0 Å². The summed E-state index contributed by atoms with van der Waals surface area (Å²) >= 11 is 0. The van der Waals surface area contributed by atoms with Gasteiger partial charge in [0.25, 0.3) is 0 Å². The maximum Gasteiger partial charge on any atom is 0.241 e. The van der Waals surface area contributed by atoms with Crippen LogP contribution >= 0.6 is 24.0 Å². The topological polar surface area (TPSA) is 65.5 Å². The van der Waals surface area contributed by atoms with Crippen LogP contribution in [0.2, 0.25) is 0 Å². The fourth-order valence-corrected chi connectivity index (χ4v) is 1.06. The van der Waals surface area contributed by atoms with Gasteiger partial charge in [0.05, 0.1) is 0 Å². The number of nitrogens with zero attached hydrogens (tertiary/aromatic N) is 1. The highest BCUT2D eigenvalue weighted by Gasteiger charge is 2.00. The predicted molar refractivity (Wildman–Crippen MR) is 83.0 cm³/mol. The lowest BCUT2D eigenvalue weighted by molar-refractivity contribution is -0.119. The van der Waals surface area contributed by atoms with E-state index in [9.17, 15) is 4.79 Å². The molecule has 0 rings (SSSR count). The first-order chi connectivity index (χ1) is 7.74. The molecular weight excluding hydrogens is 331 g/mol. The molecule has 0 aliphatic carbocycles. The van der Waals surface area contributed by atoms with E-state index in [4.69, 9.17) is 0 Å². The number of amides is 1. The lowest BCUT2D eigenvalue weighted by Gasteiger charge is -2.09. The van der Waals surface area contributed by atoms with Crippen LogP contribution in [0.15, 0.2) is 4.99 Å². The minimum Gasteiger partial charge on any atom is -0.357 e. The first-order valence-electron chi connectivity index (χ1n) is 6.03. The van der Waals surface area contributed by atoms with Crippen LogP contribution < -0.4 is 16.0 Å². The number of aliphatic imine (C=N–C) groups is 1. The third kappa shape index (κ3) is 11.7. The number of carbonyl (C=O) groups is 1. The first kappa shape index (κ1) is 18.8. The third-order valence-corrected chi connectivity index (χ3v) is 1.84. The number of hydrogen-bond acceptors (Lipinski definition) is 2. The Morgan fingerprint density at radius 2 is 1.59 bits per heavy atom. The zero-order valence-corrected chi connectivity index (χ0v) is 13.3. The number of guanidine groups is 1. The van der Waals surface area contributed by atoms with E-state index in [1.165, 1.54) is 0 Å². The zero-order chi connectivity index (χ0) is 12.2. The molecule has 0 aromatic rings. The van der Waals surface area contributed by atoms with Gasteiger partial charge in [-0.1, -0.05) is 13.8 Å². The van der Waals surface area contributed by atoms with Gasteiger partial charge in [-0.05, 0) is 19.8 Å². The van der Waals surface area contributed by atoms with Gasteiger partial charge in [0.15, 0.2) is 5.96 Å². The van der Waals surface area contributed by atoms with Crippen LogP contribution in [0.1, 0.15) is 33.6 Å². The quantitative estimate of drug-likeness (QED) is 0.364. The van der Waals surface area contributed by atoms with Crippen molar-refractivity contribution < 1.29 is 4.79 Å². The second-order valence-corrected chi connectivity index (χ2v) is 3.47. The molecule has 6 heteroatoms.